The molecule has 10 nitrogen and oxygen atoms in total. The maximum absolute atomic E-state index is 13.1. The van der Waals surface area contributed by atoms with Gasteiger partial charge in [-0.2, -0.15) is 30.9 Å². The summed E-state index contributed by atoms with van der Waals surface area (Å²) in [4.78, 5) is -1.20. The van der Waals surface area contributed by atoms with E-state index in [1.165, 1.54) is 30.9 Å². The van der Waals surface area contributed by atoms with Gasteiger partial charge in [0.15, 0.2) is 23.0 Å². The number of aromatic nitrogens is 4. The van der Waals surface area contributed by atoms with Crippen LogP contribution in [0.5, 0.6) is 17.4 Å². The van der Waals surface area contributed by atoms with Crippen molar-refractivity contribution < 1.29 is 49.0 Å². The molecule has 17 heteroatoms. The van der Waals surface area contributed by atoms with Crippen molar-refractivity contribution in [1.29, 1.82) is 0 Å². The first-order chi connectivity index (χ1) is 18.7. The Labute approximate surface area is 222 Å². The lowest BCUT2D eigenvalue weighted by Gasteiger charge is -2.15. The Morgan fingerprint density at radius 3 is 2.10 bits per heavy atom. The van der Waals surface area contributed by atoms with E-state index in [2.05, 4.69) is 15.3 Å². The average molecular weight is 591 g/mol. The Bertz CT molecular complexity index is 1610. The molecule has 214 valence electrons. The molecular formula is C23H19F6N5O5S. The van der Waals surface area contributed by atoms with E-state index in [4.69, 9.17) is 14.2 Å². The lowest BCUT2D eigenvalue weighted by Crippen LogP contribution is -2.29. The molecule has 4 rings (SSSR count). The second-order valence-electron chi connectivity index (χ2n) is 8.02. The van der Waals surface area contributed by atoms with Crippen molar-refractivity contribution in [3.8, 4) is 28.8 Å². The predicted octanol–water partition coefficient (Wildman–Crippen LogP) is 4.20. The summed E-state index contributed by atoms with van der Waals surface area (Å²) in [6.07, 6.45) is -10.4. The molecule has 0 spiro atoms. The van der Waals surface area contributed by atoms with Gasteiger partial charge in [0.05, 0.1) is 30.2 Å². The van der Waals surface area contributed by atoms with E-state index in [0.717, 1.165) is 0 Å². The molecule has 0 aliphatic rings. The van der Waals surface area contributed by atoms with Crippen molar-refractivity contribution in [2.75, 3.05) is 27.4 Å². The highest BCUT2D eigenvalue weighted by molar-refractivity contribution is 7.89. The summed E-state index contributed by atoms with van der Waals surface area (Å²) in [5, 5.41) is 12.4. The smallest absolute Gasteiger partial charge is 0.416 e. The SMILES string of the molecule is COc1ccc(-c2nnc3ccc(OCCNS(=O)(=O)c4cc(C(F)(F)F)cc(C(F)(F)F)c4)nn23)cc1OC. The molecule has 0 aliphatic carbocycles. The average Bonchev–Trinajstić information content (AvgIpc) is 3.32. The van der Waals surface area contributed by atoms with Gasteiger partial charge in [-0.1, -0.05) is 0 Å². The van der Waals surface area contributed by atoms with Crippen molar-refractivity contribution in [2.45, 2.75) is 17.2 Å². The van der Waals surface area contributed by atoms with E-state index < -0.39 is 44.9 Å². The van der Waals surface area contributed by atoms with E-state index in [1.54, 1.807) is 18.2 Å². The zero-order valence-electron chi connectivity index (χ0n) is 20.5. The third-order valence-corrected chi connectivity index (χ3v) is 6.84. The number of halogens is 6. The van der Waals surface area contributed by atoms with Crippen LogP contribution in [0.1, 0.15) is 11.1 Å². The summed E-state index contributed by atoms with van der Waals surface area (Å²) < 4.78 is 123. The minimum Gasteiger partial charge on any atom is -0.493 e. The van der Waals surface area contributed by atoms with Gasteiger partial charge in [0.2, 0.25) is 15.9 Å². The number of sulfonamides is 1. The molecule has 0 atom stereocenters. The van der Waals surface area contributed by atoms with Gasteiger partial charge < -0.3 is 14.2 Å². The Balaban J connectivity index is 1.49. The Hall–Kier alpha value is -4.12. The fourth-order valence-corrected chi connectivity index (χ4v) is 4.58. The van der Waals surface area contributed by atoms with Crippen molar-refractivity contribution in [2.24, 2.45) is 0 Å². The summed E-state index contributed by atoms with van der Waals surface area (Å²) in [5.74, 6) is 1.23. The second kappa shape index (κ2) is 10.8. The topological polar surface area (TPSA) is 117 Å². The van der Waals surface area contributed by atoms with E-state index in [-0.39, 0.29) is 30.7 Å². The van der Waals surface area contributed by atoms with Gasteiger partial charge in [-0.05, 0) is 42.5 Å². The summed E-state index contributed by atoms with van der Waals surface area (Å²) in [6, 6.07) is 8.02. The number of rotatable bonds is 9. The molecule has 2 aromatic carbocycles. The zero-order chi connectivity index (χ0) is 29.3. The molecule has 40 heavy (non-hydrogen) atoms. The van der Waals surface area contributed by atoms with Crippen LogP contribution in [0.15, 0.2) is 53.4 Å². The number of ether oxygens (including phenoxy) is 3. The third-order valence-electron chi connectivity index (χ3n) is 5.40. The number of nitrogens with one attached hydrogen (secondary N) is 1. The molecule has 0 bridgehead atoms. The maximum Gasteiger partial charge on any atom is 0.416 e. The van der Waals surface area contributed by atoms with Crippen LogP contribution in [0, 0.1) is 0 Å². The van der Waals surface area contributed by atoms with E-state index in [9.17, 15) is 34.8 Å². The van der Waals surface area contributed by atoms with Gasteiger partial charge in [-0.25, -0.2) is 13.1 Å². The molecule has 0 unspecified atom stereocenters. The van der Waals surface area contributed by atoms with Gasteiger partial charge in [0.25, 0.3) is 0 Å². The summed E-state index contributed by atoms with van der Waals surface area (Å²) in [7, 11) is -1.82. The van der Waals surface area contributed by atoms with E-state index in [1.807, 2.05) is 4.72 Å². The molecular weight excluding hydrogens is 572 g/mol. The van der Waals surface area contributed by atoms with E-state index in [0.29, 0.717) is 28.5 Å². The lowest BCUT2D eigenvalue weighted by atomic mass is 10.1. The minimum atomic E-state index is -5.20. The molecule has 0 saturated carbocycles. The largest absolute Gasteiger partial charge is 0.493 e. The summed E-state index contributed by atoms with van der Waals surface area (Å²) in [5.41, 5.74) is -2.59. The number of hydrogen-bond acceptors (Lipinski definition) is 8. The number of nitrogens with zero attached hydrogens (tertiary/aromatic N) is 4. The third kappa shape index (κ3) is 6.20. The molecule has 0 radical (unpaired) electrons. The van der Waals surface area contributed by atoms with Gasteiger partial charge in [0, 0.05) is 18.2 Å². The van der Waals surface area contributed by atoms with Gasteiger partial charge >= 0.3 is 12.4 Å². The Morgan fingerprint density at radius 2 is 1.50 bits per heavy atom. The fraction of sp³-hybridized carbons (Fsp3) is 0.261. The molecule has 4 aromatic rings. The van der Waals surface area contributed by atoms with Crippen LogP contribution >= 0.6 is 0 Å². The first kappa shape index (κ1) is 28.9. The van der Waals surface area contributed by atoms with Gasteiger partial charge in [0.1, 0.15) is 6.61 Å². The number of fused-ring (bicyclic) bond motifs is 1. The first-order valence-corrected chi connectivity index (χ1v) is 12.6. The van der Waals surface area contributed by atoms with Crippen LogP contribution in [0.2, 0.25) is 0 Å². The van der Waals surface area contributed by atoms with Crippen molar-refractivity contribution in [3.05, 3.63) is 59.7 Å². The fourth-order valence-electron chi connectivity index (χ4n) is 3.50. The molecule has 2 aromatic heterocycles. The summed E-state index contributed by atoms with van der Waals surface area (Å²) in [6.45, 7) is -0.860. The highest BCUT2D eigenvalue weighted by Gasteiger charge is 2.38. The van der Waals surface area contributed by atoms with E-state index >= 15 is 0 Å². The van der Waals surface area contributed by atoms with Crippen LogP contribution in [-0.4, -0.2) is 55.6 Å². The molecule has 0 saturated heterocycles. The second-order valence-corrected chi connectivity index (χ2v) is 9.79. The molecule has 0 amide bonds. The molecule has 0 aliphatic heterocycles. The summed E-state index contributed by atoms with van der Waals surface area (Å²) >= 11 is 0. The Morgan fingerprint density at radius 1 is 0.850 bits per heavy atom. The highest BCUT2D eigenvalue weighted by atomic mass is 32.2. The molecule has 1 N–H and O–H groups in total. The van der Waals surface area contributed by atoms with Crippen LogP contribution in [0.4, 0.5) is 26.3 Å². The number of methoxy groups -OCH3 is 2. The zero-order valence-corrected chi connectivity index (χ0v) is 21.4. The van der Waals surface area contributed by atoms with Crippen molar-refractivity contribution in [3.63, 3.8) is 0 Å². The van der Waals surface area contributed by atoms with Crippen molar-refractivity contribution in [1.82, 2.24) is 24.5 Å². The molecule has 2 heterocycles. The molecule has 0 fully saturated rings. The minimum absolute atomic E-state index is 0.00616. The van der Waals surface area contributed by atoms with Crippen molar-refractivity contribution >= 4 is 15.7 Å². The maximum atomic E-state index is 13.1. The standard InChI is InChI=1S/C23H19F6N5O5S/c1-37-17-4-3-13(9-18(17)38-2)21-32-31-19-5-6-20(33-34(19)21)39-8-7-30-40(35,36)16-11-14(22(24,25)26)10-15(12-16)23(27,28)29/h3-6,9-12,30H,7-8H2,1-2H3. The predicted molar refractivity (Wildman–Crippen MR) is 126 cm³/mol. The van der Waals surface area contributed by atoms with Crippen LogP contribution < -0.4 is 18.9 Å². The van der Waals surface area contributed by atoms with Gasteiger partial charge in [-0.3, -0.25) is 0 Å². The lowest BCUT2D eigenvalue weighted by molar-refractivity contribution is -0.143. The highest BCUT2D eigenvalue weighted by Crippen LogP contribution is 2.37. The van der Waals surface area contributed by atoms with Crippen LogP contribution in [-0.2, 0) is 22.4 Å². The first-order valence-electron chi connectivity index (χ1n) is 11.1. The Kier molecular flexibility index (Phi) is 7.80. The number of benzene rings is 2. The van der Waals surface area contributed by atoms with Crippen LogP contribution in [0.25, 0.3) is 17.0 Å². The van der Waals surface area contributed by atoms with Gasteiger partial charge in [-0.15, -0.1) is 15.3 Å². The normalized spacial score (nSPS) is 12.5. The monoisotopic (exact) mass is 591 g/mol. The quantitative estimate of drug-likeness (QED) is 0.228. The van der Waals surface area contributed by atoms with Crippen LogP contribution in [0.3, 0.4) is 0 Å². The number of alkyl halides is 6. The number of hydrogen-bond donors (Lipinski definition) is 1.